The first-order valence-electron chi connectivity index (χ1n) is 8.85. The zero-order chi connectivity index (χ0) is 19.8. The van der Waals surface area contributed by atoms with E-state index in [1.54, 1.807) is 37.3 Å². The van der Waals surface area contributed by atoms with E-state index < -0.39 is 11.7 Å². The normalized spacial score (nSPS) is 18.4. The van der Waals surface area contributed by atoms with Crippen LogP contribution in [0.15, 0.2) is 36.4 Å². The summed E-state index contributed by atoms with van der Waals surface area (Å²) in [5.41, 5.74) is 1.90. The van der Waals surface area contributed by atoms with E-state index in [0.29, 0.717) is 28.4 Å². The minimum absolute atomic E-state index is 0.0433. The van der Waals surface area contributed by atoms with E-state index in [-0.39, 0.29) is 37.3 Å². The minimum Gasteiger partial charge on any atom is -0.482 e. The molecule has 8 heteroatoms. The van der Waals surface area contributed by atoms with Crippen molar-refractivity contribution >= 4 is 34.8 Å². The molecule has 1 atom stereocenters. The molecule has 144 valence electrons. The van der Waals surface area contributed by atoms with Gasteiger partial charge in [0.2, 0.25) is 11.8 Å². The van der Waals surface area contributed by atoms with Crippen molar-refractivity contribution in [3.63, 3.8) is 0 Å². The van der Waals surface area contributed by atoms with Gasteiger partial charge in [-0.15, -0.1) is 0 Å². The fourth-order valence-electron chi connectivity index (χ4n) is 3.29. The molecule has 0 bridgehead atoms. The Bertz CT molecular complexity index is 991. The molecule has 0 radical (unpaired) electrons. The van der Waals surface area contributed by atoms with Crippen LogP contribution in [0.5, 0.6) is 5.75 Å². The highest BCUT2D eigenvalue weighted by atomic mass is 19.1. The molecule has 2 N–H and O–H groups in total. The van der Waals surface area contributed by atoms with Crippen LogP contribution < -0.4 is 20.3 Å². The smallest absolute Gasteiger partial charge is 0.262 e. The third-order valence-corrected chi connectivity index (χ3v) is 4.84. The number of halogens is 1. The van der Waals surface area contributed by atoms with Crippen molar-refractivity contribution in [2.75, 3.05) is 28.7 Å². The molecule has 2 aromatic carbocycles. The first kappa shape index (κ1) is 18.0. The number of hydrogen-bond donors (Lipinski definition) is 2. The molecule has 1 fully saturated rings. The van der Waals surface area contributed by atoms with Crippen molar-refractivity contribution in [3.8, 4) is 5.75 Å². The number of nitrogens with one attached hydrogen (secondary N) is 2. The van der Waals surface area contributed by atoms with Gasteiger partial charge in [0.25, 0.3) is 5.91 Å². The standard InChI is InChI=1S/C20H18FN3O4/c1-11-2-4-14(8-15(11)21)24-9-12(6-19(24)26)20(27)22-13-3-5-17-16(7-13)23-18(25)10-28-17/h2-5,7-8,12H,6,9-10H2,1H3,(H,22,27)(H,23,25). The number of ether oxygens (including phenoxy) is 1. The summed E-state index contributed by atoms with van der Waals surface area (Å²) in [4.78, 5) is 37.8. The average molecular weight is 383 g/mol. The number of aryl methyl sites for hydroxylation is 1. The van der Waals surface area contributed by atoms with Crippen LogP contribution in [0.2, 0.25) is 0 Å². The predicted octanol–water partition coefficient (Wildman–Crippen LogP) is 2.46. The number of carbonyl (C=O) groups excluding carboxylic acids is 3. The highest BCUT2D eigenvalue weighted by Gasteiger charge is 2.35. The monoisotopic (exact) mass is 383 g/mol. The summed E-state index contributed by atoms with van der Waals surface area (Å²) in [6.45, 7) is 1.78. The summed E-state index contributed by atoms with van der Waals surface area (Å²) in [7, 11) is 0. The molecule has 2 aromatic rings. The van der Waals surface area contributed by atoms with Crippen LogP contribution >= 0.6 is 0 Å². The van der Waals surface area contributed by atoms with Crippen LogP contribution in [-0.4, -0.2) is 30.9 Å². The van der Waals surface area contributed by atoms with Crippen LogP contribution in [0, 0.1) is 18.7 Å². The Balaban J connectivity index is 1.46. The van der Waals surface area contributed by atoms with Crippen molar-refractivity contribution in [2.45, 2.75) is 13.3 Å². The lowest BCUT2D eigenvalue weighted by atomic mass is 10.1. The highest BCUT2D eigenvalue weighted by Crippen LogP contribution is 2.31. The Hall–Kier alpha value is -3.42. The van der Waals surface area contributed by atoms with Crippen LogP contribution in [0.3, 0.4) is 0 Å². The minimum atomic E-state index is -0.557. The van der Waals surface area contributed by atoms with Crippen molar-refractivity contribution in [2.24, 2.45) is 5.92 Å². The molecule has 0 aliphatic carbocycles. The largest absolute Gasteiger partial charge is 0.482 e. The number of fused-ring (bicyclic) bond motifs is 1. The second-order valence-corrected chi connectivity index (χ2v) is 6.88. The van der Waals surface area contributed by atoms with E-state index >= 15 is 0 Å². The molecular weight excluding hydrogens is 365 g/mol. The quantitative estimate of drug-likeness (QED) is 0.852. The maximum absolute atomic E-state index is 13.8. The van der Waals surface area contributed by atoms with Gasteiger partial charge in [0.15, 0.2) is 6.61 Å². The predicted molar refractivity (Wildman–Crippen MR) is 101 cm³/mol. The van der Waals surface area contributed by atoms with E-state index in [4.69, 9.17) is 4.74 Å². The third-order valence-electron chi connectivity index (χ3n) is 4.84. The van der Waals surface area contributed by atoms with Gasteiger partial charge in [-0.1, -0.05) is 6.07 Å². The van der Waals surface area contributed by atoms with Crippen LogP contribution in [0.4, 0.5) is 21.5 Å². The van der Waals surface area contributed by atoms with E-state index in [2.05, 4.69) is 10.6 Å². The number of anilines is 3. The number of hydrogen-bond acceptors (Lipinski definition) is 4. The second kappa shape index (κ2) is 6.95. The Morgan fingerprint density at radius 2 is 2.07 bits per heavy atom. The Labute approximate surface area is 160 Å². The first-order chi connectivity index (χ1) is 13.4. The van der Waals surface area contributed by atoms with Gasteiger partial charge in [-0.3, -0.25) is 14.4 Å². The van der Waals surface area contributed by atoms with E-state index in [1.165, 1.54) is 11.0 Å². The van der Waals surface area contributed by atoms with Gasteiger partial charge < -0.3 is 20.3 Å². The lowest BCUT2D eigenvalue weighted by Crippen LogP contribution is -2.28. The first-order valence-corrected chi connectivity index (χ1v) is 8.85. The summed E-state index contributed by atoms with van der Waals surface area (Å²) in [6.07, 6.45) is 0.0477. The van der Waals surface area contributed by atoms with Crippen molar-refractivity contribution in [3.05, 3.63) is 47.8 Å². The summed E-state index contributed by atoms with van der Waals surface area (Å²) in [5, 5.41) is 5.44. The maximum atomic E-state index is 13.8. The van der Waals surface area contributed by atoms with Crippen LogP contribution in [0.25, 0.3) is 0 Å². The number of carbonyl (C=O) groups is 3. The lowest BCUT2D eigenvalue weighted by molar-refractivity contribution is -0.122. The molecular formula is C20H18FN3O4. The van der Waals surface area contributed by atoms with Gasteiger partial charge in [-0.05, 0) is 42.8 Å². The zero-order valence-electron chi connectivity index (χ0n) is 15.1. The molecule has 2 aliphatic heterocycles. The molecule has 4 rings (SSSR count). The van der Waals surface area contributed by atoms with Crippen molar-refractivity contribution < 1.29 is 23.5 Å². The summed E-state index contributed by atoms with van der Waals surface area (Å²) in [5.74, 6) is -1.23. The van der Waals surface area contributed by atoms with E-state index in [1.807, 2.05) is 0 Å². The highest BCUT2D eigenvalue weighted by molar-refractivity contribution is 6.04. The van der Waals surface area contributed by atoms with Gasteiger partial charge in [-0.2, -0.15) is 0 Å². The van der Waals surface area contributed by atoms with E-state index in [0.717, 1.165) is 0 Å². The Morgan fingerprint density at radius 3 is 2.86 bits per heavy atom. The number of benzene rings is 2. The lowest BCUT2D eigenvalue weighted by Gasteiger charge is -2.19. The molecule has 0 aromatic heterocycles. The average Bonchev–Trinajstić information content (AvgIpc) is 3.05. The molecule has 7 nitrogen and oxygen atoms in total. The third kappa shape index (κ3) is 3.40. The molecule has 1 unspecified atom stereocenters. The fourth-order valence-corrected chi connectivity index (χ4v) is 3.29. The topological polar surface area (TPSA) is 87.7 Å². The fraction of sp³-hybridized carbons (Fsp3) is 0.250. The van der Waals surface area contributed by atoms with Crippen molar-refractivity contribution in [1.82, 2.24) is 0 Å². The molecule has 28 heavy (non-hydrogen) atoms. The van der Waals surface area contributed by atoms with E-state index in [9.17, 15) is 18.8 Å². The zero-order valence-corrected chi connectivity index (χ0v) is 15.1. The molecule has 0 saturated carbocycles. The molecule has 3 amide bonds. The summed E-state index contributed by atoms with van der Waals surface area (Å²) < 4.78 is 19.1. The number of amides is 3. The summed E-state index contributed by atoms with van der Waals surface area (Å²) >= 11 is 0. The SMILES string of the molecule is Cc1ccc(N2CC(C(=O)Nc3ccc4c(c3)NC(=O)CO4)CC2=O)cc1F. The number of rotatable bonds is 3. The second-order valence-electron chi connectivity index (χ2n) is 6.88. The van der Waals surface area contributed by atoms with Gasteiger partial charge in [0.05, 0.1) is 11.6 Å². The maximum Gasteiger partial charge on any atom is 0.262 e. The van der Waals surface area contributed by atoms with Crippen LogP contribution in [0.1, 0.15) is 12.0 Å². The molecule has 0 spiro atoms. The van der Waals surface area contributed by atoms with Crippen LogP contribution in [-0.2, 0) is 14.4 Å². The van der Waals surface area contributed by atoms with Gasteiger partial charge in [0.1, 0.15) is 11.6 Å². The Kier molecular flexibility index (Phi) is 4.46. The van der Waals surface area contributed by atoms with Gasteiger partial charge >= 0.3 is 0 Å². The molecule has 2 heterocycles. The number of nitrogens with zero attached hydrogens (tertiary/aromatic N) is 1. The van der Waals surface area contributed by atoms with Gasteiger partial charge in [-0.25, -0.2) is 4.39 Å². The van der Waals surface area contributed by atoms with Gasteiger partial charge in [0, 0.05) is 24.3 Å². The molecule has 1 saturated heterocycles. The summed E-state index contributed by atoms with van der Waals surface area (Å²) in [6, 6.07) is 9.51. The Morgan fingerprint density at radius 1 is 1.25 bits per heavy atom. The van der Waals surface area contributed by atoms with Crippen molar-refractivity contribution in [1.29, 1.82) is 0 Å². The molecule has 2 aliphatic rings.